The molecule has 98 valence electrons. The molecule has 0 N–H and O–H groups in total. The van der Waals surface area contributed by atoms with Crippen LogP contribution in [0.4, 0.5) is 0 Å². The van der Waals surface area contributed by atoms with Gasteiger partial charge in [0.15, 0.2) is 12.4 Å². The molecule has 1 aromatic carbocycles. The molecule has 0 bridgehead atoms. The summed E-state index contributed by atoms with van der Waals surface area (Å²) in [6.07, 6.45) is -1.14. The number of hydrogen-bond acceptors (Lipinski definition) is 5. The summed E-state index contributed by atoms with van der Waals surface area (Å²) in [5.74, 6) is -0.416. The van der Waals surface area contributed by atoms with E-state index in [1.165, 1.54) is 7.11 Å². The molecule has 2 atom stereocenters. The molecule has 1 aromatic rings. The molecule has 1 aliphatic heterocycles. The summed E-state index contributed by atoms with van der Waals surface area (Å²) in [6.45, 7) is 1.00. The van der Waals surface area contributed by atoms with Crippen LogP contribution in [0.1, 0.15) is 5.56 Å². The third-order valence-electron chi connectivity index (χ3n) is 2.58. The van der Waals surface area contributed by atoms with E-state index >= 15 is 0 Å². The highest BCUT2D eigenvalue weighted by Gasteiger charge is 2.32. The number of hydrogen-bond donors (Lipinski definition) is 0. The van der Waals surface area contributed by atoms with Crippen molar-refractivity contribution < 1.29 is 23.7 Å². The molecule has 0 aromatic heterocycles. The van der Waals surface area contributed by atoms with Crippen LogP contribution in [-0.4, -0.2) is 38.7 Å². The minimum atomic E-state index is -0.639. The smallest absolute Gasteiger partial charge is 0.337 e. The first kappa shape index (κ1) is 13.0. The zero-order chi connectivity index (χ0) is 12.8. The Morgan fingerprint density at radius 3 is 2.89 bits per heavy atom. The predicted molar refractivity (Wildman–Crippen MR) is 62.7 cm³/mol. The molecule has 0 unspecified atom stereocenters. The average Bonchev–Trinajstić information content (AvgIpc) is 2.88. The van der Waals surface area contributed by atoms with E-state index in [-0.39, 0.29) is 6.61 Å². The molecular formula is C13H16O5. The van der Waals surface area contributed by atoms with Gasteiger partial charge in [0.2, 0.25) is 0 Å². The zero-order valence-electron chi connectivity index (χ0n) is 10.2. The number of benzene rings is 1. The number of esters is 1. The topological polar surface area (TPSA) is 54.0 Å². The maximum absolute atomic E-state index is 11.2. The molecule has 0 radical (unpaired) electrons. The van der Waals surface area contributed by atoms with Crippen molar-refractivity contribution in [3.63, 3.8) is 0 Å². The maximum atomic E-state index is 11.2. The Balaban J connectivity index is 1.68. The lowest BCUT2D eigenvalue weighted by Crippen LogP contribution is -2.25. The molecular weight excluding hydrogens is 236 g/mol. The maximum Gasteiger partial charge on any atom is 0.337 e. The summed E-state index contributed by atoms with van der Waals surface area (Å²) in [7, 11) is 1.32. The van der Waals surface area contributed by atoms with E-state index in [2.05, 4.69) is 4.74 Å². The monoisotopic (exact) mass is 252 g/mol. The number of carbonyl (C=O) groups excluding carboxylic acids is 1. The van der Waals surface area contributed by atoms with Crippen LogP contribution in [0.5, 0.6) is 0 Å². The van der Waals surface area contributed by atoms with E-state index < -0.39 is 18.4 Å². The van der Waals surface area contributed by atoms with Gasteiger partial charge in [-0.05, 0) is 5.56 Å². The molecule has 0 aliphatic carbocycles. The van der Waals surface area contributed by atoms with Gasteiger partial charge in [-0.25, -0.2) is 4.79 Å². The lowest BCUT2D eigenvalue weighted by atomic mass is 10.2. The molecule has 1 aliphatic rings. The molecule has 0 spiro atoms. The normalized spacial score (nSPS) is 22.9. The third kappa shape index (κ3) is 3.53. The number of methoxy groups -OCH3 is 1. The van der Waals surface area contributed by atoms with Crippen molar-refractivity contribution >= 4 is 5.97 Å². The SMILES string of the molecule is COC(=O)[C@H]1CO[C@H](COCc2ccccc2)O1. The summed E-state index contributed by atoms with van der Waals surface area (Å²) >= 11 is 0. The standard InChI is InChI=1S/C13H16O5/c1-15-13(14)11-8-17-12(18-11)9-16-7-10-5-3-2-4-6-10/h2-6,11-12H,7-9H2,1H3/t11-,12+/m1/s1. The summed E-state index contributed by atoms with van der Waals surface area (Å²) in [6, 6.07) is 9.82. The van der Waals surface area contributed by atoms with Crippen LogP contribution >= 0.6 is 0 Å². The largest absolute Gasteiger partial charge is 0.467 e. The first-order chi connectivity index (χ1) is 8.79. The Hall–Kier alpha value is -1.43. The Kier molecular flexibility index (Phi) is 4.69. The van der Waals surface area contributed by atoms with E-state index in [0.29, 0.717) is 13.2 Å². The van der Waals surface area contributed by atoms with Crippen molar-refractivity contribution in [2.24, 2.45) is 0 Å². The Morgan fingerprint density at radius 2 is 2.17 bits per heavy atom. The highest BCUT2D eigenvalue weighted by atomic mass is 16.7. The lowest BCUT2D eigenvalue weighted by molar-refractivity contribution is -0.157. The fraction of sp³-hybridized carbons (Fsp3) is 0.462. The van der Waals surface area contributed by atoms with Gasteiger partial charge >= 0.3 is 5.97 Å². The second kappa shape index (κ2) is 6.49. The minimum Gasteiger partial charge on any atom is -0.467 e. The van der Waals surface area contributed by atoms with Gasteiger partial charge in [-0.1, -0.05) is 30.3 Å². The van der Waals surface area contributed by atoms with Crippen LogP contribution in [0.2, 0.25) is 0 Å². The van der Waals surface area contributed by atoms with Gasteiger partial charge in [0.1, 0.15) is 0 Å². The Labute approximate surface area is 106 Å². The van der Waals surface area contributed by atoms with Gasteiger partial charge in [0.25, 0.3) is 0 Å². The zero-order valence-corrected chi connectivity index (χ0v) is 10.2. The molecule has 5 nitrogen and oxygen atoms in total. The van der Waals surface area contributed by atoms with E-state index in [1.54, 1.807) is 0 Å². The summed E-state index contributed by atoms with van der Waals surface area (Å²) < 4.78 is 20.6. The van der Waals surface area contributed by atoms with Crippen LogP contribution in [0.25, 0.3) is 0 Å². The van der Waals surface area contributed by atoms with Crippen molar-refractivity contribution in [2.75, 3.05) is 20.3 Å². The quantitative estimate of drug-likeness (QED) is 0.735. The first-order valence-corrected chi connectivity index (χ1v) is 5.76. The Morgan fingerprint density at radius 1 is 1.39 bits per heavy atom. The van der Waals surface area contributed by atoms with Crippen LogP contribution in [0.15, 0.2) is 30.3 Å². The van der Waals surface area contributed by atoms with Crippen molar-refractivity contribution in [1.82, 2.24) is 0 Å². The minimum absolute atomic E-state index is 0.214. The summed E-state index contributed by atoms with van der Waals surface area (Å²) in [5.41, 5.74) is 1.08. The summed E-state index contributed by atoms with van der Waals surface area (Å²) in [4.78, 5) is 11.2. The second-order valence-electron chi connectivity index (χ2n) is 3.91. The van der Waals surface area contributed by atoms with Crippen molar-refractivity contribution in [3.8, 4) is 0 Å². The average molecular weight is 252 g/mol. The lowest BCUT2D eigenvalue weighted by Gasteiger charge is -2.11. The van der Waals surface area contributed by atoms with Crippen molar-refractivity contribution in [1.29, 1.82) is 0 Å². The van der Waals surface area contributed by atoms with Crippen LogP contribution in [0.3, 0.4) is 0 Å². The number of carbonyl (C=O) groups is 1. The molecule has 1 heterocycles. The first-order valence-electron chi connectivity index (χ1n) is 5.76. The van der Waals surface area contributed by atoms with Crippen LogP contribution < -0.4 is 0 Å². The fourth-order valence-electron chi connectivity index (χ4n) is 1.65. The number of rotatable bonds is 5. The fourth-order valence-corrected chi connectivity index (χ4v) is 1.65. The molecule has 1 fully saturated rings. The third-order valence-corrected chi connectivity index (χ3v) is 2.58. The van der Waals surface area contributed by atoms with Gasteiger partial charge in [0.05, 0.1) is 26.9 Å². The van der Waals surface area contributed by atoms with Crippen LogP contribution in [0, 0.1) is 0 Å². The molecule has 1 saturated heterocycles. The predicted octanol–water partition coefficient (Wildman–Crippen LogP) is 1.12. The van der Waals surface area contributed by atoms with Crippen molar-refractivity contribution in [3.05, 3.63) is 35.9 Å². The Bertz CT molecular complexity index is 378. The highest BCUT2D eigenvalue weighted by Crippen LogP contribution is 2.13. The van der Waals surface area contributed by atoms with E-state index in [9.17, 15) is 4.79 Å². The molecule has 18 heavy (non-hydrogen) atoms. The molecule has 0 amide bonds. The van der Waals surface area contributed by atoms with Gasteiger partial charge in [-0.3, -0.25) is 0 Å². The summed E-state index contributed by atoms with van der Waals surface area (Å²) in [5, 5.41) is 0. The molecule has 0 saturated carbocycles. The van der Waals surface area contributed by atoms with Gasteiger partial charge in [-0.2, -0.15) is 0 Å². The second-order valence-corrected chi connectivity index (χ2v) is 3.91. The highest BCUT2D eigenvalue weighted by molar-refractivity contribution is 5.74. The van der Waals surface area contributed by atoms with E-state index in [4.69, 9.17) is 14.2 Å². The van der Waals surface area contributed by atoms with Crippen LogP contribution in [-0.2, 0) is 30.3 Å². The van der Waals surface area contributed by atoms with Gasteiger partial charge < -0.3 is 18.9 Å². The van der Waals surface area contributed by atoms with Crippen molar-refractivity contribution in [2.45, 2.75) is 19.0 Å². The van der Waals surface area contributed by atoms with E-state index in [1.807, 2.05) is 30.3 Å². The number of ether oxygens (including phenoxy) is 4. The molecule has 2 rings (SSSR count). The van der Waals surface area contributed by atoms with Gasteiger partial charge in [-0.15, -0.1) is 0 Å². The molecule has 5 heteroatoms. The van der Waals surface area contributed by atoms with E-state index in [0.717, 1.165) is 5.56 Å². The van der Waals surface area contributed by atoms with Gasteiger partial charge in [0, 0.05) is 0 Å².